The van der Waals surface area contributed by atoms with E-state index in [1.54, 1.807) is 17.5 Å². The van der Waals surface area contributed by atoms with E-state index in [4.69, 9.17) is 0 Å². The summed E-state index contributed by atoms with van der Waals surface area (Å²) in [7, 11) is -3.45. The molecule has 1 N–H and O–H groups in total. The fraction of sp³-hybridized carbons (Fsp3) is 0.688. The molecule has 0 aromatic carbocycles. The number of amides is 1. The largest absolute Gasteiger partial charge is 0.353 e. The Bertz CT molecular complexity index is 622. The summed E-state index contributed by atoms with van der Waals surface area (Å²) in [5, 5.41) is 4.91. The number of rotatable bonds is 4. The summed E-state index contributed by atoms with van der Waals surface area (Å²) in [5.41, 5.74) is 0. The number of hydrogen-bond acceptors (Lipinski definition) is 4. The van der Waals surface area contributed by atoms with E-state index < -0.39 is 10.0 Å². The fourth-order valence-corrected chi connectivity index (χ4v) is 6.15. The van der Waals surface area contributed by atoms with Crippen LogP contribution in [0, 0.1) is 5.92 Å². The predicted octanol–water partition coefficient (Wildman–Crippen LogP) is 2.60. The average Bonchev–Trinajstić information content (AvgIpc) is 3.11. The highest BCUT2D eigenvalue weighted by Gasteiger charge is 2.34. The summed E-state index contributed by atoms with van der Waals surface area (Å²) < 4.78 is 27.1. The molecule has 1 amide bonds. The third kappa shape index (κ3) is 3.95. The van der Waals surface area contributed by atoms with Crippen LogP contribution in [0.4, 0.5) is 0 Å². The van der Waals surface area contributed by atoms with Crippen LogP contribution in [0.1, 0.15) is 44.9 Å². The van der Waals surface area contributed by atoms with Crippen molar-refractivity contribution in [1.29, 1.82) is 0 Å². The monoisotopic (exact) mass is 356 g/mol. The minimum absolute atomic E-state index is 0.0305. The lowest BCUT2D eigenvalue weighted by atomic mass is 9.93. The predicted molar refractivity (Wildman–Crippen MR) is 90.8 cm³/mol. The van der Waals surface area contributed by atoms with Crippen molar-refractivity contribution < 1.29 is 13.2 Å². The summed E-state index contributed by atoms with van der Waals surface area (Å²) in [5.74, 6) is -0.191. The van der Waals surface area contributed by atoms with E-state index >= 15 is 0 Å². The van der Waals surface area contributed by atoms with Crippen molar-refractivity contribution in [3.8, 4) is 0 Å². The van der Waals surface area contributed by atoms with Gasteiger partial charge in [-0.15, -0.1) is 11.3 Å². The van der Waals surface area contributed by atoms with Crippen LogP contribution in [0.3, 0.4) is 0 Å². The Balaban J connectivity index is 1.62. The third-order valence-corrected chi connectivity index (χ3v) is 8.03. The lowest BCUT2D eigenvalue weighted by molar-refractivity contribution is -0.127. The molecule has 1 aromatic rings. The second-order valence-electron chi connectivity index (χ2n) is 6.48. The maximum absolute atomic E-state index is 12.6. The maximum Gasteiger partial charge on any atom is 0.252 e. The van der Waals surface area contributed by atoms with Crippen molar-refractivity contribution in [2.75, 3.05) is 13.1 Å². The number of thiophene rings is 1. The van der Waals surface area contributed by atoms with Gasteiger partial charge in [0.05, 0.1) is 5.92 Å². The normalized spacial score (nSPS) is 24.4. The molecule has 3 rings (SSSR count). The molecule has 1 atom stereocenters. The number of nitrogens with one attached hydrogen (secondary N) is 1. The first-order valence-corrected chi connectivity index (χ1v) is 10.7. The van der Waals surface area contributed by atoms with Gasteiger partial charge in [-0.1, -0.05) is 25.3 Å². The van der Waals surface area contributed by atoms with E-state index in [0.717, 1.165) is 25.7 Å². The molecule has 0 unspecified atom stereocenters. The Morgan fingerprint density at radius 3 is 2.65 bits per heavy atom. The summed E-state index contributed by atoms with van der Waals surface area (Å²) >= 11 is 1.23. The van der Waals surface area contributed by atoms with Crippen molar-refractivity contribution in [3.05, 3.63) is 17.5 Å². The first kappa shape index (κ1) is 16.9. The highest BCUT2D eigenvalue weighted by Crippen LogP contribution is 2.27. The quantitative estimate of drug-likeness (QED) is 0.902. The SMILES string of the molecule is O=C(NC1CCCCC1)[C@H]1CCCN(S(=O)(=O)c2cccs2)C1. The maximum atomic E-state index is 12.6. The van der Waals surface area contributed by atoms with Crippen molar-refractivity contribution in [2.24, 2.45) is 5.92 Å². The van der Waals surface area contributed by atoms with Crippen LogP contribution >= 0.6 is 11.3 Å². The van der Waals surface area contributed by atoms with Gasteiger partial charge >= 0.3 is 0 Å². The van der Waals surface area contributed by atoms with Gasteiger partial charge in [-0.05, 0) is 37.1 Å². The first-order valence-electron chi connectivity index (χ1n) is 8.41. The van der Waals surface area contributed by atoms with Gasteiger partial charge < -0.3 is 5.32 Å². The Labute approximate surface area is 142 Å². The molecule has 1 aromatic heterocycles. The van der Waals surface area contributed by atoms with Crippen LogP contribution in [0.15, 0.2) is 21.7 Å². The summed E-state index contributed by atoms with van der Waals surface area (Å²) in [6, 6.07) is 3.65. The molecule has 0 bridgehead atoms. The van der Waals surface area contributed by atoms with Crippen LogP contribution in [-0.4, -0.2) is 37.8 Å². The van der Waals surface area contributed by atoms with Crippen LogP contribution in [-0.2, 0) is 14.8 Å². The average molecular weight is 357 g/mol. The highest BCUT2D eigenvalue weighted by atomic mass is 32.2. The van der Waals surface area contributed by atoms with Crippen LogP contribution < -0.4 is 5.32 Å². The lowest BCUT2D eigenvalue weighted by Gasteiger charge is -2.32. The molecule has 1 saturated heterocycles. The molecule has 23 heavy (non-hydrogen) atoms. The Morgan fingerprint density at radius 2 is 1.96 bits per heavy atom. The van der Waals surface area contributed by atoms with Crippen molar-refractivity contribution in [1.82, 2.24) is 9.62 Å². The van der Waals surface area contributed by atoms with Crippen LogP contribution in [0.5, 0.6) is 0 Å². The molecule has 2 fully saturated rings. The zero-order valence-corrected chi connectivity index (χ0v) is 14.9. The zero-order valence-electron chi connectivity index (χ0n) is 13.2. The number of carbonyl (C=O) groups is 1. The molecule has 0 radical (unpaired) electrons. The van der Waals surface area contributed by atoms with Crippen molar-refractivity contribution >= 4 is 27.3 Å². The number of hydrogen-bond donors (Lipinski definition) is 1. The zero-order chi connectivity index (χ0) is 16.3. The van der Waals surface area contributed by atoms with Gasteiger partial charge in [0.15, 0.2) is 0 Å². The van der Waals surface area contributed by atoms with Gasteiger partial charge in [-0.2, -0.15) is 4.31 Å². The van der Waals surface area contributed by atoms with Crippen molar-refractivity contribution in [3.63, 3.8) is 0 Å². The van der Waals surface area contributed by atoms with Crippen LogP contribution in [0.25, 0.3) is 0 Å². The highest BCUT2D eigenvalue weighted by molar-refractivity contribution is 7.91. The molecule has 2 aliphatic rings. The Morgan fingerprint density at radius 1 is 1.17 bits per heavy atom. The van der Waals surface area contributed by atoms with Gasteiger partial charge in [0.1, 0.15) is 4.21 Å². The molecule has 1 aliphatic heterocycles. The van der Waals surface area contributed by atoms with E-state index in [1.807, 2.05) is 0 Å². The van der Waals surface area contributed by atoms with E-state index in [-0.39, 0.29) is 17.9 Å². The number of nitrogens with zero attached hydrogens (tertiary/aromatic N) is 1. The Kier molecular flexibility index (Phi) is 5.38. The van der Waals surface area contributed by atoms with Crippen LogP contribution in [0.2, 0.25) is 0 Å². The minimum atomic E-state index is -3.45. The number of sulfonamides is 1. The molecule has 1 aliphatic carbocycles. The molecular formula is C16H24N2O3S2. The smallest absolute Gasteiger partial charge is 0.252 e. The molecule has 128 valence electrons. The Hall–Kier alpha value is -0.920. The number of piperidine rings is 1. The summed E-state index contributed by atoms with van der Waals surface area (Å²) in [6.45, 7) is 0.812. The third-order valence-electron chi connectivity index (χ3n) is 4.80. The topological polar surface area (TPSA) is 66.5 Å². The first-order chi connectivity index (χ1) is 11.1. The number of carbonyl (C=O) groups excluding carboxylic acids is 1. The van der Waals surface area contributed by atoms with Gasteiger partial charge in [0, 0.05) is 19.1 Å². The second-order valence-corrected chi connectivity index (χ2v) is 9.59. The van der Waals surface area contributed by atoms with E-state index in [1.165, 1.54) is 34.9 Å². The summed E-state index contributed by atoms with van der Waals surface area (Å²) in [4.78, 5) is 12.5. The molecule has 1 saturated carbocycles. The molecular weight excluding hydrogens is 332 g/mol. The van der Waals surface area contributed by atoms with E-state index in [2.05, 4.69) is 5.32 Å². The van der Waals surface area contributed by atoms with Gasteiger partial charge in [-0.25, -0.2) is 8.42 Å². The molecule has 7 heteroatoms. The van der Waals surface area contributed by atoms with Gasteiger partial charge in [0.2, 0.25) is 5.91 Å². The molecule has 2 heterocycles. The molecule has 0 spiro atoms. The standard InChI is InChI=1S/C16H24N2O3S2/c19-16(17-14-7-2-1-3-8-14)13-6-4-10-18(12-13)23(20,21)15-9-5-11-22-15/h5,9,11,13-14H,1-4,6-8,10,12H2,(H,17,19)/t13-/m0/s1. The lowest BCUT2D eigenvalue weighted by Crippen LogP contribution is -2.47. The van der Waals surface area contributed by atoms with E-state index in [0.29, 0.717) is 17.3 Å². The van der Waals surface area contributed by atoms with Gasteiger partial charge in [-0.3, -0.25) is 4.79 Å². The van der Waals surface area contributed by atoms with E-state index in [9.17, 15) is 13.2 Å². The van der Waals surface area contributed by atoms with Gasteiger partial charge in [0.25, 0.3) is 10.0 Å². The molecule has 5 nitrogen and oxygen atoms in total. The minimum Gasteiger partial charge on any atom is -0.353 e. The summed E-state index contributed by atoms with van der Waals surface area (Å²) in [6.07, 6.45) is 7.22. The van der Waals surface area contributed by atoms with Crippen molar-refractivity contribution in [2.45, 2.75) is 55.2 Å². The second kappa shape index (κ2) is 7.32. The fourth-order valence-electron chi connectivity index (χ4n) is 3.48.